The van der Waals surface area contributed by atoms with Gasteiger partial charge in [-0.2, -0.15) is 8.78 Å². The van der Waals surface area contributed by atoms with Crippen molar-refractivity contribution in [1.29, 1.82) is 0 Å². The van der Waals surface area contributed by atoms with Crippen LogP contribution >= 0.6 is 11.6 Å². The van der Waals surface area contributed by atoms with Crippen molar-refractivity contribution in [3.8, 4) is 0 Å². The fourth-order valence-electron chi connectivity index (χ4n) is 0.377. The van der Waals surface area contributed by atoms with Crippen LogP contribution in [0.3, 0.4) is 0 Å². The van der Waals surface area contributed by atoms with Crippen LogP contribution in [0.5, 0.6) is 0 Å². The first kappa shape index (κ1) is 10.0. The summed E-state index contributed by atoms with van der Waals surface area (Å²) in [7, 11) is 1.11. The van der Waals surface area contributed by atoms with Gasteiger partial charge < -0.3 is 0 Å². The standard InChI is InChI=1S/C5H9ClF3N/c1-3-10(2)5(8,9)4(6)7/h4H,3H2,1-2H3. The molecule has 0 saturated heterocycles. The maximum Gasteiger partial charge on any atom is 0.349 e. The smallest absolute Gasteiger partial charge is 0.244 e. The average molecular weight is 176 g/mol. The maximum atomic E-state index is 12.4. The lowest BCUT2D eigenvalue weighted by atomic mass is 10.5. The second kappa shape index (κ2) is 3.44. The Morgan fingerprint density at radius 3 is 2.10 bits per heavy atom. The maximum absolute atomic E-state index is 12.4. The van der Waals surface area contributed by atoms with E-state index in [0.717, 1.165) is 7.05 Å². The summed E-state index contributed by atoms with van der Waals surface area (Å²) in [4.78, 5) is 0.546. The van der Waals surface area contributed by atoms with Gasteiger partial charge in [-0.25, -0.2) is 9.29 Å². The van der Waals surface area contributed by atoms with Gasteiger partial charge in [-0.3, -0.25) is 0 Å². The van der Waals surface area contributed by atoms with Gasteiger partial charge in [-0.05, 0) is 7.05 Å². The number of hydrogen-bond donors (Lipinski definition) is 0. The third kappa shape index (κ3) is 2.02. The summed E-state index contributed by atoms with van der Waals surface area (Å²) in [5, 5.41) is 0. The van der Waals surface area contributed by atoms with Crippen molar-refractivity contribution in [2.75, 3.05) is 13.6 Å². The zero-order valence-corrected chi connectivity index (χ0v) is 6.50. The van der Waals surface area contributed by atoms with Crippen molar-refractivity contribution >= 4 is 11.6 Å². The van der Waals surface area contributed by atoms with Gasteiger partial charge in [0.25, 0.3) is 5.63 Å². The molecule has 10 heavy (non-hydrogen) atoms. The molecule has 0 amide bonds. The first-order valence-electron chi connectivity index (χ1n) is 2.80. The normalized spacial score (nSPS) is 15.9. The topological polar surface area (TPSA) is 3.24 Å². The van der Waals surface area contributed by atoms with Crippen molar-refractivity contribution < 1.29 is 13.2 Å². The number of alkyl halides is 4. The van der Waals surface area contributed by atoms with E-state index >= 15 is 0 Å². The van der Waals surface area contributed by atoms with Crippen molar-refractivity contribution in [3.63, 3.8) is 0 Å². The third-order valence-electron chi connectivity index (χ3n) is 1.25. The van der Waals surface area contributed by atoms with Crippen LogP contribution in [0, 0.1) is 0 Å². The fourth-order valence-corrected chi connectivity index (χ4v) is 0.544. The van der Waals surface area contributed by atoms with Crippen LogP contribution in [0.15, 0.2) is 0 Å². The molecule has 0 aliphatic carbocycles. The van der Waals surface area contributed by atoms with Gasteiger partial charge >= 0.3 is 6.05 Å². The lowest BCUT2D eigenvalue weighted by Crippen LogP contribution is -2.43. The van der Waals surface area contributed by atoms with E-state index in [0.29, 0.717) is 4.90 Å². The molecule has 0 fully saturated rings. The van der Waals surface area contributed by atoms with Crippen LogP contribution in [-0.2, 0) is 0 Å². The van der Waals surface area contributed by atoms with Crippen LogP contribution in [0.4, 0.5) is 13.2 Å². The summed E-state index contributed by atoms with van der Waals surface area (Å²) < 4.78 is 36.6. The lowest BCUT2D eigenvalue weighted by molar-refractivity contribution is -0.157. The molecule has 1 atom stereocenters. The highest BCUT2D eigenvalue weighted by molar-refractivity contribution is 6.20. The molecule has 0 aromatic heterocycles. The van der Waals surface area contributed by atoms with Crippen LogP contribution in [-0.4, -0.2) is 30.2 Å². The van der Waals surface area contributed by atoms with E-state index in [2.05, 4.69) is 11.6 Å². The van der Waals surface area contributed by atoms with E-state index in [4.69, 9.17) is 0 Å². The minimum atomic E-state index is -3.56. The Bertz CT molecular complexity index is 107. The van der Waals surface area contributed by atoms with Crippen molar-refractivity contribution in [3.05, 3.63) is 0 Å². The molecule has 0 bridgehead atoms. The third-order valence-corrected chi connectivity index (χ3v) is 1.51. The number of halogens is 4. The minimum absolute atomic E-state index is 0.0557. The average Bonchev–Trinajstić information content (AvgIpc) is 1.86. The first-order valence-corrected chi connectivity index (χ1v) is 3.23. The van der Waals surface area contributed by atoms with Gasteiger partial charge in [0.05, 0.1) is 0 Å². The molecular formula is C5H9ClF3N. The highest BCUT2D eigenvalue weighted by Crippen LogP contribution is 2.26. The van der Waals surface area contributed by atoms with E-state index < -0.39 is 11.7 Å². The van der Waals surface area contributed by atoms with Crippen molar-refractivity contribution in [2.45, 2.75) is 18.6 Å². The summed E-state index contributed by atoms with van der Waals surface area (Å²) >= 11 is 4.58. The van der Waals surface area contributed by atoms with Gasteiger partial charge in [0.1, 0.15) is 0 Å². The van der Waals surface area contributed by atoms with Gasteiger partial charge in [0.2, 0.25) is 0 Å². The van der Waals surface area contributed by atoms with Crippen LogP contribution < -0.4 is 0 Å². The summed E-state index contributed by atoms with van der Waals surface area (Å²) in [5.41, 5.74) is -2.64. The Morgan fingerprint density at radius 1 is 1.60 bits per heavy atom. The van der Waals surface area contributed by atoms with Crippen LogP contribution in [0.2, 0.25) is 0 Å². The monoisotopic (exact) mass is 175 g/mol. The highest BCUT2D eigenvalue weighted by Gasteiger charge is 2.42. The summed E-state index contributed by atoms with van der Waals surface area (Å²) in [6.07, 6.45) is 0. The number of rotatable bonds is 3. The Labute approximate surface area is 62.8 Å². The minimum Gasteiger partial charge on any atom is -0.244 e. The number of nitrogens with zero attached hydrogens (tertiary/aromatic N) is 1. The molecule has 0 heterocycles. The van der Waals surface area contributed by atoms with Gasteiger partial charge in [0, 0.05) is 6.54 Å². The van der Waals surface area contributed by atoms with E-state index in [1.54, 1.807) is 0 Å². The molecule has 0 aromatic rings. The molecule has 5 heteroatoms. The molecule has 0 spiro atoms. The molecule has 0 aliphatic heterocycles. The predicted molar refractivity (Wildman–Crippen MR) is 34.0 cm³/mol. The van der Waals surface area contributed by atoms with E-state index in [1.807, 2.05) is 0 Å². The molecule has 62 valence electrons. The zero-order valence-electron chi connectivity index (χ0n) is 5.74. The molecule has 0 aliphatic rings. The lowest BCUT2D eigenvalue weighted by Gasteiger charge is -2.25. The fraction of sp³-hybridized carbons (Fsp3) is 1.00. The largest absolute Gasteiger partial charge is 0.349 e. The van der Waals surface area contributed by atoms with Crippen molar-refractivity contribution in [2.24, 2.45) is 0 Å². The van der Waals surface area contributed by atoms with Gasteiger partial charge in [0.15, 0.2) is 0 Å². The van der Waals surface area contributed by atoms with E-state index in [1.165, 1.54) is 6.92 Å². The molecule has 0 aromatic carbocycles. The summed E-state index contributed by atoms with van der Waals surface area (Å²) in [6, 6.07) is -3.56. The first-order chi connectivity index (χ1) is 4.42. The predicted octanol–water partition coefficient (Wildman–Crippen LogP) is 2.07. The molecule has 0 saturated carbocycles. The van der Waals surface area contributed by atoms with Gasteiger partial charge in [-0.15, -0.1) is 0 Å². The molecule has 1 unspecified atom stereocenters. The molecule has 1 nitrogen and oxygen atoms in total. The molecule has 0 N–H and O–H groups in total. The van der Waals surface area contributed by atoms with E-state index in [-0.39, 0.29) is 6.54 Å². The summed E-state index contributed by atoms with van der Waals surface area (Å²) in [5.74, 6) is 0. The Balaban J connectivity index is 4.09. The van der Waals surface area contributed by atoms with E-state index in [9.17, 15) is 13.2 Å². The molecule has 0 rings (SSSR count). The zero-order chi connectivity index (χ0) is 8.36. The summed E-state index contributed by atoms with van der Waals surface area (Å²) in [6.45, 7) is 1.55. The Morgan fingerprint density at radius 2 is 2.00 bits per heavy atom. The Kier molecular flexibility index (Phi) is 3.45. The number of hydrogen-bond acceptors (Lipinski definition) is 1. The SMILES string of the molecule is CCN(C)C(F)(F)C(F)Cl. The molecular weight excluding hydrogens is 167 g/mol. The van der Waals surface area contributed by atoms with Crippen LogP contribution in [0.1, 0.15) is 6.92 Å². The highest BCUT2D eigenvalue weighted by atomic mass is 35.5. The second-order valence-electron chi connectivity index (χ2n) is 1.90. The van der Waals surface area contributed by atoms with Gasteiger partial charge in [-0.1, -0.05) is 18.5 Å². The second-order valence-corrected chi connectivity index (χ2v) is 2.29. The van der Waals surface area contributed by atoms with Crippen molar-refractivity contribution in [1.82, 2.24) is 4.90 Å². The molecule has 0 radical (unpaired) electrons. The Hall–Kier alpha value is 0.0400. The quantitative estimate of drug-likeness (QED) is 0.469. The van der Waals surface area contributed by atoms with Crippen LogP contribution in [0.25, 0.3) is 0 Å².